The van der Waals surface area contributed by atoms with Crippen molar-refractivity contribution in [3.63, 3.8) is 0 Å². The number of nitrogens with one attached hydrogen (secondary N) is 1. The van der Waals surface area contributed by atoms with Crippen molar-refractivity contribution in [2.75, 3.05) is 13.7 Å². The molecule has 0 spiro atoms. The van der Waals surface area contributed by atoms with Gasteiger partial charge in [0.05, 0.1) is 13.2 Å². The molecule has 0 aliphatic rings. The maximum Gasteiger partial charge on any atom is 0.244 e. The van der Waals surface area contributed by atoms with E-state index in [-0.39, 0.29) is 17.2 Å². The van der Waals surface area contributed by atoms with E-state index in [2.05, 4.69) is 4.72 Å². The molecule has 1 unspecified atom stereocenters. The van der Waals surface area contributed by atoms with Gasteiger partial charge in [-0.3, -0.25) is 0 Å². The van der Waals surface area contributed by atoms with Crippen LogP contribution < -0.4 is 9.46 Å². The molecule has 0 aliphatic heterocycles. The van der Waals surface area contributed by atoms with E-state index in [1.54, 1.807) is 6.92 Å². The van der Waals surface area contributed by atoms with E-state index in [1.807, 2.05) is 0 Å². The van der Waals surface area contributed by atoms with Gasteiger partial charge in [-0.25, -0.2) is 13.1 Å². The van der Waals surface area contributed by atoms with Crippen LogP contribution in [0.3, 0.4) is 0 Å². The molecule has 7 heteroatoms. The molecule has 0 saturated heterocycles. The Balaban J connectivity index is 2.98. The predicted molar refractivity (Wildman–Crippen MR) is 69.5 cm³/mol. The van der Waals surface area contributed by atoms with Crippen molar-refractivity contribution in [3.05, 3.63) is 23.2 Å². The summed E-state index contributed by atoms with van der Waals surface area (Å²) >= 11 is 5.76. The van der Waals surface area contributed by atoms with E-state index in [9.17, 15) is 13.5 Å². The topological polar surface area (TPSA) is 75.6 Å². The minimum atomic E-state index is -3.72. The summed E-state index contributed by atoms with van der Waals surface area (Å²) in [5, 5.41) is 9.75. The zero-order chi connectivity index (χ0) is 13.8. The van der Waals surface area contributed by atoms with Crippen LogP contribution in [0, 0.1) is 0 Å². The number of rotatable bonds is 6. The summed E-state index contributed by atoms with van der Waals surface area (Å²) in [6.45, 7) is 1.73. The van der Waals surface area contributed by atoms with Crippen LogP contribution in [0.25, 0.3) is 0 Å². The number of aliphatic hydroxyl groups excluding tert-OH is 1. The van der Waals surface area contributed by atoms with Gasteiger partial charge in [0.1, 0.15) is 10.6 Å². The molecule has 1 aromatic rings. The quantitative estimate of drug-likeness (QED) is 0.831. The second-order valence-corrected chi connectivity index (χ2v) is 5.88. The minimum absolute atomic E-state index is 0.00213. The summed E-state index contributed by atoms with van der Waals surface area (Å²) in [6, 6.07) is 4.25. The predicted octanol–water partition coefficient (Wildman–Crippen LogP) is 1.40. The lowest BCUT2D eigenvalue weighted by Crippen LogP contribution is -2.32. The van der Waals surface area contributed by atoms with Gasteiger partial charge in [-0.1, -0.05) is 18.5 Å². The smallest absolute Gasteiger partial charge is 0.244 e. The summed E-state index contributed by atoms with van der Waals surface area (Å²) in [6.07, 6.45) is -0.238. The van der Waals surface area contributed by atoms with E-state index in [0.717, 1.165) is 0 Å². The van der Waals surface area contributed by atoms with Crippen LogP contribution in [0.2, 0.25) is 5.02 Å². The van der Waals surface area contributed by atoms with Crippen molar-refractivity contribution < 1.29 is 18.3 Å². The number of benzene rings is 1. The van der Waals surface area contributed by atoms with E-state index in [0.29, 0.717) is 11.4 Å². The number of sulfonamides is 1. The maximum atomic E-state index is 12.0. The fourth-order valence-electron chi connectivity index (χ4n) is 1.29. The zero-order valence-corrected chi connectivity index (χ0v) is 11.8. The lowest BCUT2D eigenvalue weighted by molar-refractivity contribution is 0.174. The van der Waals surface area contributed by atoms with Gasteiger partial charge in [0.15, 0.2) is 0 Å². The fourth-order valence-corrected chi connectivity index (χ4v) is 2.68. The molecular formula is C11H16ClNO4S. The zero-order valence-electron chi connectivity index (χ0n) is 10.2. The Bertz CT molecular complexity index is 504. The van der Waals surface area contributed by atoms with Crippen LogP contribution in [0.4, 0.5) is 0 Å². The number of methoxy groups -OCH3 is 1. The van der Waals surface area contributed by atoms with Crippen molar-refractivity contribution in [2.45, 2.75) is 24.3 Å². The molecule has 0 radical (unpaired) electrons. The number of ether oxygens (including phenoxy) is 1. The van der Waals surface area contributed by atoms with Gasteiger partial charge < -0.3 is 9.84 Å². The number of hydrogen-bond acceptors (Lipinski definition) is 4. The Hall–Kier alpha value is -0.820. The van der Waals surface area contributed by atoms with Crippen LogP contribution in [0.5, 0.6) is 5.75 Å². The number of halogens is 1. The lowest BCUT2D eigenvalue weighted by atomic mass is 10.3. The maximum absolute atomic E-state index is 12.0. The molecule has 0 bridgehead atoms. The van der Waals surface area contributed by atoms with E-state index >= 15 is 0 Å². The summed E-state index contributed by atoms with van der Waals surface area (Å²) < 4.78 is 31.3. The van der Waals surface area contributed by atoms with Crippen LogP contribution in [-0.2, 0) is 10.0 Å². The molecule has 0 aromatic heterocycles. The van der Waals surface area contributed by atoms with Crippen LogP contribution >= 0.6 is 11.6 Å². The van der Waals surface area contributed by atoms with E-state index in [1.165, 1.54) is 25.3 Å². The van der Waals surface area contributed by atoms with E-state index in [4.69, 9.17) is 16.3 Å². The average Bonchev–Trinajstić information content (AvgIpc) is 2.35. The van der Waals surface area contributed by atoms with Crippen molar-refractivity contribution in [2.24, 2.45) is 0 Å². The largest absolute Gasteiger partial charge is 0.495 e. The molecule has 18 heavy (non-hydrogen) atoms. The first-order valence-electron chi connectivity index (χ1n) is 5.42. The second kappa shape index (κ2) is 6.38. The molecule has 5 nitrogen and oxygen atoms in total. The highest BCUT2D eigenvalue weighted by Gasteiger charge is 2.20. The minimum Gasteiger partial charge on any atom is -0.495 e. The third-order valence-electron chi connectivity index (χ3n) is 2.40. The van der Waals surface area contributed by atoms with Crippen molar-refractivity contribution in [1.29, 1.82) is 0 Å². The molecule has 0 heterocycles. The molecule has 0 fully saturated rings. The summed E-state index contributed by atoms with van der Waals surface area (Å²) in [4.78, 5) is -0.00213. The SMILES string of the molecule is CCC(O)CNS(=O)(=O)c1ccc(Cl)cc1OC. The molecule has 1 rings (SSSR count). The molecule has 0 saturated carbocycles. The fraction of sp³-hybridized carbons (Fsp3) is 0.455. The summed E-state index contributed by atoms with van der Waals surface area (Å²) in [5.41, 5.74) is 0. The Morgan fingerprint density at radius 3 is 2.72 bits per heavy atom. The third kappa shape index (κ3) is 3.84. The first kappa shape index (κ1) is 15.2. The highest BCUT2D eigenvalue weighted by Crippen LogP contribution is 2.26. The number of hydrogen-bond donors (Lipinski definition) is 2. The third-order valence-corrected chi connectivity index (χ3v) is 4.09. The highest BCUT2D eigenvalue weighted by molar-refractivity contribution is 7.89. The van der Waals surface area contributed by atoms with Gasteiger partial charge in [0, 0.05) is 17.6 Å². The Morgan fingerprint density at radius 1 is 1.50 bits per heavy atom. The Labute approximate surface area is 112 Å². The normalized spacial score (nSPS) is 13.3. The van der Waals surface area contributed by atoms with Crippen LogP contribution in [0.15, 0.2) is 23.1 Å². The number of aliphatic hydroxyl groups is 1. The molecule has 1 atom stereocenters. The van der Waals surface area contributed by atoms with Gasteiger partial charge >= 0.3 is 0 Å². The van der Waals surface area contributed by atoms with Gasteiger partial charge in [-0.15, -0.1) is 0 Å². The van der Waals surface area contributed by atoms with Crippen molar-refractivity contribution >= 4 is 21.6 Å². The van der Waals surface area contributed by atoms with Gasteiger partial charge in [0.2, 0.25) is 10.0 Å². The van der Waals surface area contributed by atoms with E-state index < -0.39 is 16.1 Å². The van der Waals surface area contributed by atoms with Crippen LogP contribution in [-0.4, -0.2) is 33.3 Å². The summed E-state index contributed by atoms with van der Waals surface area (Å²) in [5.74, 6) is 0.168. The standard InChI is InChI=1S/C11H16ClNO4S/c1-3-9(14)7-13-18(15,16)11-5-4-8(12)6-10(11)17-2/h4-6,9,13-14H,3,7H2,1-2H3. The first-order valence-corrected chi connectivity index (χ1v) is 7.28. The second-order valence-electron chi connectivity index (χ2n) is 3.71. The van der Waals surface area contributed by atoms with Crippen molar-refractivity contribution in [1.82, 2.24) is 4.72 Å². The molecule has 2 N–H and O–H groups in total. The molecule has 0 aliphatic carbocycles. The first-order chi connectivity index (χ1) is 8.40. The van der Waals surface area contributed by atoms with Gasteiger partial charge in [-0.2, -0.15) is 0 Å². The molecule has 102 valence electrons. The Kier molecular flexibility index (Phi) is 5.40. The highest BCUT2D eigenvalue weighted by atomic mass is 35.5. The average molecular weight is 294 g/mol. The molecular weight excluding hydrogens is 278 g/mol. The van der Waals surface area contributed by atoms with Gasteiger partial charge in [-0.05, 0) is 18.6 Å². The lowest BCUT2D eigenvalue weighted by Gasteiger charge is -2.12. The van der Waals surface area contributed by atoms with Crippen molar-refractivity contribution in [3.8, 4) is 5.75 Å². The Morgan fingerprint density at radius 2 is 2.17 bits per heavy atom. The van der Waals surface area contributed by atoms with Crippen LogP contribution in [0.1, 0.15) is 13.3 Å². The van der Waals surface area contributed by atoms with Gasteiger partial charge in [0.25, 0.3) is 0 Å². The molecule has 1 aromatic carbocycles. The summed E-state index contributed by atoms with van der Waals surface area (Å²) in [7, 11) is -2.35. The monoisotopic (exact) mass is 293 g/mol. The molecule has 0 amide bonds.